The fourth-order valence-electron chi connectivity index (χ4n) is 4.15. The first-order chi connectivity index (χ1) is 14.1. The second-order valence-corrected chi connectivity index (χ2v) is 8.38. The lowest BCUT2D eigenvalue weighted by Crippen LogP contribution is -2.40. The maximum absolute atomic E-state index is 10.4. The van der Waals surface area contributed by atoms with Crippen LogP contribution < -0.4 is 4.74 Å². The first-order valence-electron chi connectivity index (χ1n) is 10.8. The lowest BCUT2D eigenvalue weighted by atomic mass is 9.94. The van der Waals surface area contributed by atoms with Crippen LogP contribution in [0.2, 0.25) is 0 Å². The molecule has 1 unspecified atom stereocenters. The van der Waals surface area contributed by atoms with Crippen LogP contribution in [-0.4, -0.2) is 59.3 Å². The van der Waals surface area contributed by atoms with E-state index in [2.05, 4.69) is 47.1 Å². The Kier molecular flexibility index (Phi) is 8.47. The van der Waals surface area contributed by atoms with Crippen LogP contribution in [0.25, 0.3) is 0 Å². The second-order valence-electron chi connectivity index (χ2n) is 8.38. The van der Waals surface area contributed by atoms with Gasteiger partial charge in [-0.1, -0.05) is 37.5 Å². The predicted octanol–water partition coefficient (Wildman–Crippen LogP) is 3.72. The molecule has 0 amide bonds. The smallest absolute Gasteiger partial charge is 0.119 e. The van der Waals surface area contributed by atoms with Gasteiger partial charge in [0.2, 0.25) is 0 Å². The SMILES string of the molecule is CN(Cc1cccnc1)Cc1cccc(OCC(O)CN(C)C2CCCCC2)c1. The number of likely N-dealkylation sites (N-methyl/N-ethyl adjacent to an activating group) is 1. The molecule has 5 heteroatoms. The van der Waals surface area contributed by atoms with Gasteiger partial charge in [-0.15, -0.1) is 0 Å². The molecule has 0 spiro atoms. The van der Waals surface area contributed by atoms with Crippen molar-refractivity contribution in [1.29, 1.82) is 0 Å². The zero-order valence-electron chi connectivity index (χ0n) is 17.8. The second kappa shape index (κ2) is 11.3. The Morgan fingerprint density at radius 3 is 2.59 bits per heavy atom. The minimum Gasteiger partial charge on any atom is -0.491 e. The normalized spacial score (nSPS) is 16.3. The Labute approximate surface area is 175 Å². The summed E-state index contributed by atoms with van der Waals surface area (Å²) in [4.78, 5) is 8.73. The molecule has 1 N–H and O–H groups in total. The van der Waals surface area contributed by atoms with Crippen LogP contribution in [0.4, 0.5) is 0 Å². The zero-order valence-corrected chi connectivity index (χ0v) is 17.8. The van der Waals surface area contributed by atoms with Crippen molar-refractivity contribution < 1.29 is 9.84 Å². The molecule has 3 rings (SSSR count). The van der Waals surface area contributed by atoms with E-state index < -0.39 is 6.10 Å². The van der Waals surface area contributed by atoms with Crippen molar-refractivity contribution in [3.05, 3.63) is 59.9 Å². The summed E-state index contributed by atoms with van der Waals surface area (Å²) >= 11 is 0. The van der Waals surface area contributed by atoms with Crippen LogP contribution >= 0.6 is 0 Å². The Bertz CT molecular complexity index is 719. The number of benzene rings is 1. The highest BCUT2D eigenvalue weighted by Crippen LogP contribution is 2.22. The van der Waals surface area contributed by atoms with Crippen LogP contribution in [0.3, 0.4) is 0 Å². The molecule has 29 heavy (non-hydrogen) atoms. The van der Waals surface area contributed by atoms with Gasteiger partial charge in [-0.25, -0.2) is 0 Å². The standard InChI is InChI=1S/C24H35N3O2/c1-26(17-21-9-7-13-25-15-21)16-20-8-6-12-24(14-20)29-19-23(28)18-27(2)22-10-4-3-5-11-22/h6-9,12-15,22-23,28H,3-5,10-11,16-19H2,1-2H3. The molecule has 1 aliphatic carbocycles. The number of ether oxygens (including phenoxy) is 1. The van der Waals surface area contributed by atoms with E-state index in [-0.39, 0.29) is 0 Å². The molecule has 1 aliphatic rings. The summed E-state index contributed by atoms with van der Waals surface area (Å²) in [6, 6.07) is 12.8. The fraction of sp³-hybridized carbons (Fsp3) is 0.542. The van der Waals surface area contributed by atoms with E-state index in [4.69, 9.17) is 4.74 Å². The summed E-state index contributed by atoms with van der Waals surface area (Å²) in [7, 11) is 4.23. The van der Waals surface area contributed by atoms with E-state index in [0.29, 0.717) is 19.2 Å². The summed E-state index contributed by atoms with van der Waals surface area (Å²) in [5.41, 5.74) is 2.40. The third-order valence-corrected chi connectivity index (χ3v) is 5.67. The van der Waals surface area contributed by atoms with E-state index in [1.807, 2.05) is 24.4 Å². The van der Waals surface area contributed by atoms with Crippen molar-refractivity contribution in [3.8, 4) is 5.75 Å². The molecular weight excluding hydrogens is 362 g/mol. The summed E-state index contributed by atoms with van der Waals surface area (Å²) in [5, 5.41) is 10.4. The molecule has 1 heterocycles. The number of aromatic nitrogens is 1. The van der Waals surface area contributed by atoms with E-state index in [9.17, 15) is 5.11 Å². The van der Waals surface area contributed by atoms with Gasteiger partial charge in [0.25, 0.3) is 0 Å². The number of aliphatic hydroxyl groups excluding tert-OH is 1. The van der Waals surface area contributed by atoms with Crippen LogP contribution in [0, 0.1) is 0 Å². The maximum atomic E-state index is 10.4. The third kappa shape index (κ3) is 7.42. The van der Waals surface area contributed by atoms with Crippen LogP contribution in [0.15, 0.2) is 48.8 Å². The van der Waals surface area contributed by atoms with Gasteiger partial charge in [-0.2, -0.15) is 0 Å². The Hall–Kier alpha value is -1.95. The lowest BCUT2D eigenvalue weighted by Gasteiger charge is -2.32. The maximum Gasteiger partial charge on any atom is 0.119 e. The minimum absolute atomic E-state index is 0.325. The fourth-order valence-corrected chi connectivity index (χ4v) is 4.15. The number of hydrogen-bond donors (Lipinski definition) is 1. The Balaban J connectivity index is 1.44. The van der Waals surface area contributed by atoms with Gasteiger partial charge < -0.3 is 14.7 Å². The number of aliphatic hydroxyl groups is 1. The first kappa shape index (κ1) is 21.8. The molecular formula is C24H35N3O2. The van der Waals surface area contributed by atoms with Gasteiger partial charge in [-0.3, -0.25) is 9.88 Å². The molecule has 1 saturated carbocycles. The Morgan fingerprint density at radius 1 is 1.07 bits per heavy atom. The van der Waals surface area contributed by atoms with Crippen molar-refractivity contribution >= 4 is 0 Å². The molecule has 0 aliphatic heterocycles. The third-order valence-electron chi connectivity index (χ3n) is 5.67. The minimum atomic E-state index is -0.473. The van der Waals surface area contributed by atoms with Crippen LogP contribution in [0.5, 0.6) is 5.75 Å². The zero-order chi connectivity index (χ0) is 20.5. The molecule has 0 saturated heterocycles. The van der Waals surface area contributed by atoms with Crippen molar-refractivity contribution in [2.45, 2.75) is 57.3 Å². The number of rotatable bonds is 10. The first-order valence-corrected chi connectivity index (χ1v) is 10.8. The molecule has 0 radical (unpaired) electrons. The summed E-state index contributed by atoms with van der Waals surface area (Å²) in [5.74, 6) is 0.816. The van der Waals surface area contributed by atoms with Crippen molar-refractivity contribution in [2.24, 2.45) is 0 Å². The summed E-state index contributed by atoms with van der Waals surface area (Å²) in [6.45, 7) is 2.68. The van der Waals surface area contributed by atoms with Gasteiger partial charge >= 0.3 is 0 Å². The van der Waals surface area contributed by atoms with Gasteiger partial charge in [0.05, 0.1) is 0 Å². The van der Waals surface area contributed by atoms with Crippen molar-refractivity contribution in [3.63, 3.8) is 0 Å². The van der Waals surface area contributed by atoms with Gasteiger partial charge in [0.1, 0.15) is 18.5 Å². The summed E-state index contributed by atoms with van der Waals surface area (Å²) in [6.07, 6.45) is 9.70. The predicted molar refractivity (Wildman–Crippen MR) is 117 cm³/mol. The number of hydrogen-bond acceptors (Lipinski definition) is 5. The topological polar surface area (TPSA) is 48.8 Å². The number of pyridine rings is 1. The highest BCUT2D eigenvalue weighted by Gasteiger charge is 2.20. The van der Waals surface area contributed by atoms with Gasteiger partial charge in [0.15, 0.2) is 0 Å². The number of nitrogens with zero attached hydrogens (tertiary/aromatic N) is 3. The largest absolute Gasteiger partial charge is 0.491 e. The quantitative estimate of drug-likeness (QED) is 0.662. The van der Waals surface area contributed by atoms with Gasteiger partial charge in [-0.05, 0) is 56.3 Å². The molecule has 1 fully saturated rings. The highest BCUT2D eigenvalue weighted by molar-refractivity contribution is 5.28. The van der Waals surface area contributed by atoms with Crippen molar-refractivity contribution in [2.75, 3.05) is 27.2 Å². The molecule has 1 aromatic carbocycles. The molecule has 1 atom stereocenters. The lowest BCUT2D eigenvalue weighted by molar-refractivity contribution is 0.0561. The van der Waals surface area contributed by atoms with E-state index >= 15 is 0 Å². The van der Waals surface area contributed by atoms with E-state index in [1.165, 1.54) is 43.2 Å². The van der Waals surface area contributed by atoms with E-state index in [1.54, 1.807) is 6.20 Å². The molecule has 0 bridgehead atoms. The molecule has 158 valence electrons. The monoisotopic (exact) mass is 397 g/mol. The molecule has 2 aromatic rings. The summed E-state index contributed by atoms with van der Waals surface area (Å²) < 4.78 is 5.89. The molecule has 1 aromatic heterocycles. The molecule has 5 nitrogen and oxygen atoms in total. The average Bonchev–Trinajstić information content (AvgIpc) is 2.74. The highest BCUT2D eigenvalue weighted by atomic mass is 16.5. The average molecular weight is 398 g/mol. The Morgan fingerprint density at radius 2 is 1.83 bits per heavy atom. The van der Waals surface area contributed by atoms with Gasteiger partial charge in [0, 0.05) is 38.1 Å². The van der Waals surface area contributed by atoms with E-state index in [0.717, 1.165) is 18.8 Å². The van der Waals surface area contributed by atoms with Crippen molar-refractivity contribution in [1.82, 2.24) is 14.8 Å². The van der Waals surface area contributed by atoms with Crippen LogP contribution in [-0.2, 0) is 13.1 Å². The van der Waals surface area contributed by atoms with Crippen LogP contribution in [0.1, 0.15) is 43.2 Å².